The van der Waals surface area contributed by atoms with Gasteiger partial charge >= 0.3 is 0 Å². The van der Waals surface area contributed by atoms with Gasteiger partial charge < -0.3 is 5.73 Å². The summed E-state index contributed by atoms with van der Waals surface area (Å²) in [5.74, 6) is -0.775. The number of halogens is 1. The third kappa shape index (κ3) is 3.17. The van der Waals surface area contributed by atoms with Crippen molar-refractivity contribution in [2.24, 2.45) is 0 Å². The lowest BCUT2D eigenvalue weighted by atomic mass is 10.3. The summed E-state index contributed by atoms with van der Waals surface area (Å²) in [5.41, 5.74) is 5.71. The van der Waals surface area contributed by atoms with Crippen LogP contribution in [0.2, 0.25) is 0 Å². The van der Waals surface area contributed by atoms with Crippen molar-refractivity contribution in [3.63, 3.8) is 0 Å². The number of sulfonamides is 1. The highest BCUT2D eigenvalue weighted by molar-refractivity contribution is 7.89. The van der Waals surface area contributed by atoms with Gasteiger partial charge in [-0.15, -0.1) is 0 Å². The van der Waals surface area contributed by atoms with E-state index in [4.69, 9.17) is 5.73 Å². The van der Waals surface area contributed by atoms with E-state index in [9.17, 15) is 12.8 Å². The average Bonchev–Trinajstić information content (AvgIpc) is 2.28. The number of rotatable bonds is 5. The maximum absolute atomic E-state index is 13.5. The first-order valence-electron chi connectivity index (χ1n) is 5.41. The quantitative estimate of drug-likeness (QED) is 0.821. The highest BCUT2D eigenvalue weighted by atomic mass is 32.2. The van der Waals surface area contributed by atoms with Crippen LogP contribution in [0.15, 0.2) is 23.1 Å². The molecule has 0 unspecified atom stereocenters. The molecule has 0 saturated heterocycles. The Labute approximate surface area is 101 Å². The van der Waals surface area contributed by atoms with Crippen LogP contribution in [0.3, 0.4) is 0 Å². The van der Waals surface area contributed by atoms with Crippen LogP contribution in [-0.4, -0.2) is 26.3 Å². The molecule has 0 aliphatic heterocycles. The van der Waals surface area contributed by atoms with Gasteiger partial charge in [-0.1, -0.05) is 13.3 Å². The predicted octanol–water partition coefficient (Wildman–Crippen LogP) is 1.83. The van der Waals surface area contributed by atoms with Crippen molar-refractivity contribution in [2.75, 3.05) is 19.3 Å². The van der Waals surface area contributed by atoms with Gasteiger partial charge in [0.25, 0.3) is 0 Å². The summed E-state index contributed by atoms with van der Waals surface area (Å²) < 4.78 is 38.7. The van der Waals surface area contributed by atoms with Crippen LogP contribution in [0, 0.1) is 5.82 Å². The van der Waals surface area contributed by atoms with Crippen molar-refractivity contribution in [3.8, 4) is 0 Å². The molecule has 0 spiro atoms. The van der Waals surface area contributed by atoms with Crippen LogP contribution >= 0.6 is 0 Å². The van der Waals surface area contributed by atoms with Crippen LogP contribution in [0.5, 0.6) is 0 Å². The van der Waals surface area contributed by atoms with E-state index >= 15 is 0 Å². The van der Waals surface area contributed by atoms with Crippen molar-refractivity contribution in [2.45, 2.75) is 24.7 Å². The minimum Gasteiger partial charge on any atom is -0.399 e. The van der Waals surface area contributed by atoms with E-state index in [1.165, 1.54) is 13.1 Å². The van der Waals surface area contributed by atoms with E-state index in [0.29, 0.717) is 6.54 Å². The molecule has 1 rings (SSSR count). The molecule has 0 aromatic heterocycles. The topological polar surface area (TPSA) is 63.4 Å². The van der Waals surface area contributed by atoms with Gasteiger partial charge in [0.15, 0.2) is 0 Å². The van der Waals surface area contributed by atoms with Gasteiger partial charge in [0, 0.05) is 19.3 Å². The minimum atomic E-state index is -3.79. The maximum atomic E-state index is 13.5. The van der Waals surface area contributed by atoms with E-state index in [1.54, 1.807) is 0 Å². The fourth-order valence-corrected chi connectivity index (χ4v) is 2.69. The summed E-state index contributed by atoms with van der Waals surface area (Å²) in [6.07, 6.45) is 1.61. The van der Waals surface area contributed by atoms with E-state index in [2.05, 4.69) is 0 Å². The van der Waals surface area contributed by atoms with Crippen molar-refractivity contribution < 1.29 is 12.8 Å². The first-order chi connectivity index (χ1) is 7.89. The Kier molecular flexibility index (Phi) is 4.47. The SMILES string of the molecule is CCCCN(C)S(=O)(=O)c1cc(N)ccc1F. The van der Waals surface area contributed by atoms with Crippen LogP contribution < -0.4 is 5.73 Å². The molecular formula is C11H17FN2O2S. The Hall–Kier alpha value is -1.14. The van der Waals surface area contributed by atoms with Gasteiger partial charge in [0.1, 0.15) is 10.7 Å². The molecule has 96 valence electrons. The number of nitrogens with zero attached hydrogens (tertiary/aromatic N) is 1. The second-order valence-corrected chi connectivity index (χ2v) is 5.88. The van der Waals surface area contributed by atoms with Gasteiger partial charge in [-0.25, -0.2) is 17.1 Å². The second-order valence-electron chi connectivity index (χ2n) is 3.87. The zero-order valence-corrected chi connectivity index (χ0v) is 10.8. The number of nitrogen functional groups attached to an aromatic ring is 1. The molecule has 0 bridgehead atoms. The molecule has 0 atom stereocenters. The number of hydrogen-bond donors (Lipinski definition) is 1. The molecule has 1 aromatic carbocycles. The van der Waals surface area contributed by atoms with Crippen LogP contribution in [-0.2, 0) is 10.0 Å². The normalized spacial score (nSPS) is 12.0. The monoisotopic (exact) mass is 260 g/mol. The Morgan fingerprint density at radius 2 is 2.06 bits per heavy atom. The van der Waals surface area contributed by atoms with E-state index in [1.807, 2.05) is 6.92 Å². The molecule has 0 radical (unpaired) electrons. The lowest BCUT2D eigenvalue weighted by Crippen LogP contribution is -2.28. The molecule has 2 N–H and O–H groups in total. The molecule has 0 heterocycles. The van der Waals surface area contributed by atoms with Gasteiger partial charge in [-0.05, 0) is 24.6 Å². The van der Waals surface area contributed by atoms with Gasteiger partial charge in [0.05, 0.1) is 0 Å². The summed E-state index contributed by atoms with van der Waals surface area (Å²) in [4.78, 5) is -0.365. The largest absolute Gasteiger partial charge is 0.399 e. The zero-order valence-electron chi connectivity index (χ0n) is 9.98. The molecular weight excluding hydrogens is 243 g/mol. The first-order valence-corrected chi connectivity index (χ1v) is 6.85. The molecule has 1 aromatic rings. The van der Waals surface area contributed by atoms with Gasteiger partial charge in [-0.2, -0.15) is 0 Å². The van der Waals surface area contributed by atoms with E-state index in [-0.39, 0.29) is 10.6 Å². The summed E-state index contributed by atoms with van der Waals surface area (Å²) in [5, 5.41) is 0. The van der Waals surface area contributed by atoms with Crippen molar-refractivity contribution in [1.82, 2.24) is 4.31 Å². The highest BCUT2D eigenvalue weighted by Gasteiger charge is 2.24. The zero-order chi connectivity index (χ0) is 13.1. The third-order valence-electron chi connectivity index (χ3n) is 2.47. The maximum Gasteiger partial charge on any atom is 0.245 e. The summed E-state index contributed by atoms with van der Waals surface area (Å²) in [6.45, 7) is 2.33. The molecule has 0 aliphatic carbocycles. The lowest BCUT2D eigenvalue weighted by Gasteiger charge is -2.17. The lowest BCUT2D eigenvalue weighted by molar-refractivity contribution is 0.453. The summed E-state index contributed by atoms with van der Waals surface area (Å²) in [7, 11) is -2.35. The summed E-state index contributed by atoms with van der Waals surface area (Å²) in [6, 6.07) is 3.55. The minimum absolute atomic E-state index is 0.230. The van der Waals surface area contributed by atoms with Crippen LogP contribution in [0.4, 0.5) is 10.1 Å². The van der Waals surface area contributed by atoms with Gasteiger partial charge in [0.2, 0.25) is 10.0 Å². The summed E-state index contributed by atoms with van der Waals surface area (Å²) >= 11 is 0. The van der Waals surface area contributed by atoms with Crippen LogP contribution in [0.1, 0.15) is 19.8 Å². The number of benzene rings is 1. The Balaban J connectivity index is 3.08. The van der Waals surface area contributed by atoms with Crippen LogP contribution in [0.25, 0.3) is 0 Å². The van der Waals surface area contributed by atoms with E-state index < -0.39 is 15.8 Å². The Morgan fingerprint density at radius 1 is 1.41 bits per heavy atom. The highest BCUT2D eigenvalue weighted by Crippen LogP contribution is 2.21. The molecule has 0 saturated carbocycles. The molecule has 6 heteroatoms. The molecule has 0 fully saturated rings. The van der Waals surface area contributed by atoms with E-state index in [0.717, 1.165) is 29.3 Å². The number of anilines is 1. The molecule has 4 nitrogen and oxygen atoms in total. The van der Waals surface area contributed by atoms with Crippen molar-refractivity contribution in [1.29, 1.82) is 0 Å². The first kappa shape index (κ1) is 13.9. The van der Waals surface area contributed by atoms with Gasteiger partial charge in [-0.3, -0.25) is 0 Å². The number of nitrogens with two attached hydrogens (primary N) is 1. The molecule has 0 aliphatic rings. The fourth-order valence-electron chi connectivity index (χ4n) is 1.39. The predicted molar refractivity (Wildman–Crippen MR) is 65.5 cm³/mol. The third-order valence-corrected chi connectivity index (χ3v) is 4.34. The average molecular weight is 260 g/mol. The smallest absolute Gasteiger partial charge is 0.245 e. The fraction of sp³-hybridized carbons (Fsp3) is 0.455. The van der Waals surface area contributed by atoms with Crippen molar-refractivity contribution in [3.05, 3.63) is 24.0 Å². The molecule has 17 heavy (non-hydrogen) atoms. The number of unbranched alkanes of at least 4 members (excludes halogenated alkanes) is 1. The Morgan fingerprint density at radius 3 is 2.65 bits per heavy atom. The standard InChI is InChI=1S/C11H17FN2O2S/c1-3-4-7-14(2)17(15,16)11-8-9(13)5-6-10(11)12/h5-6,8H,3-4,7,13H2,1-2H3. The molecule has 0 amide bonds. The van der Waals surface area contributed by atoms with Crippen molar-refractivity contribution >= 4 is 15.7 Å². The second kappa shape index (κ2) is 5.46. The Bertz CT molecular complexity index is 488. The number of hydrogen-bond acceptors (Lipinski definition) is 3.